The van der Waals surface area contributed by atoms with Crippen LogP contribution in [0.25, 0.3) is 39.0 Å². The molecule has 6 aromatic rings. The maximum absolute atomic E-state index is 15.0. The lowest BCUT2D eigenvalue weighted by Gasteiger charge is -2.30. The molecule has 1 amide bonds. The quantitative estimate of drug-likeness (QED) is 0.254. The minimum atomic E-state index is -0.685. The van der Waals surface area contributed by atoms with Gasteiger partial charge in [-0.2, -0.15) is 10.1 Å². The van der Waals surface area contributed by atoms with Gasteiger partial charge in [-0.3, -0.25) is 4.79 Å². The molecule has 14 nitrogen and oxygen atoms in total. The monoisotopic (exact) mass is 708 g/mol. The van der Waals surface area contributed by atoms with Gasteiger partial charge in [0.1, 0.15) is 53.2 Å². The lowest BCUT2D eigenvalue weighted by Crippen LogP contribution is -2.47. The second-order valence-corrected chi connectivity index (χ2v) is 13.5. The zero-order valence-electron chi connectivity index (χ0n) is 28.6. The minimum Gasteiger partial charge on any atom is -0.488 e. The van der Waals surface area contributed by atoms with Crippen molar-refractivity contribution in [3.8, 4) is 28.7 Å². The number of imidazole rings is 1. The maximum atomic E-state index is 15.0. The molecule has 1 aliphatic carbocycles. The summed E-state index contributed by atoms with van der Waals surface area (Å²) in [7, 11) is 3.35. The van der Waals surface area contributed by atoms with Crippen molar-refractivity contribution in [1.82, 2.24) is 44.2 Å². The van der Waals surface area contributed by atoms with Crippen molar-refractivity contribution < 1.29 is 27.8 Å². The summed E-state index contributed by atoms with van der Waals surface area (Å²) >= 11 is 0. The van der Waals surface area contributed by atoms with Gasteiger partial charge < -0.3 is 28.6 Å². The third kappa shape index (κ3) is 5.62. The van der Waals surface area contributed by atoms with Crippen molar-refractivity contribution in [1.29, 1.82) is 0 Å². The minimum absolute atomic E-state index is 0.0372. The van der Waals surface area contributed by atoms with Gasteiger partial charge >= 0.3 is 6.01 Å². The van der Waals surface area contributed by atoms with E-state index in [-0.39, 0.29) is 31.1 Å². The zero-order chi connectivity index (χ0) is 35.7. The number of carbonyl (C=O) groups is 1. The van der Waals surface area contributed by atoms with Gasteiger partial charge in [0.25, 0.3) is 0 Å². The topological polar surface area (TPSA) is 138 Å². The number of anilines is 1. The number of methoxy groups -OCH3 is 1. The van der Waals surface area contributed by atoms with E-state index in [1.54, 1.807) is 48.3 Å². The number of benzene rings is 2. The van der Waals surface area contributed by atoms with Crippen LogP contribution in [0, 0.1) is 18.6 Å². The average molecular weight is 709 g/mol. The molecule has 3 aliphatic rings. The number of aryl methyl sites for hydroxylation is 1. The van der Waals surface area contributed by atoms with E-state index in [1.807, 2.05) is 16.4 Å². The van der Waals surface area contributed by atoms with Crippen molar-refractivity contribution in [2.45, 2.75) is 57.1 Å². The summed E-state index contributed by atoms with van der Waals surface area (Å²) in [6.45, 7) is 2.73. The molecule has 0 spiro atoms. The Balaban J connectivity index is 1.12. The van der Waals surface area contributed by atoms with Crippen LogP contribution in [-0.2, 0) is 16.1 Å². The van der Waals surface area contributed by atoms with Crippen molar-refractivity contribution in [2.24, 2.45) is 0 Å². The highest BCUT2D eigenvalue weighted by Crippen LogP contribution is 2.37. The first-order chi connectivity index (χ1) is 25.2. The van der Waals surface area contributed by atoms with Gasteiger partial charge in [0.15, 0.2) is 5.65 Å². The smallest absolute Gasteiger partial charge is 0.317 e. The van der Waals surface area contributed by atoms with Gasteiger partial charge in [-0.25, -0.2) is 33.4 Å². The predicted molar refractivity (Wildman–Crippen MR) is 184 cm³/mol. The maximum Gasteiger partial charge on any atom is 0.317 e. The van der Waals surface area contributed by atoms with E-state index < -0.39 is 29.9 Å². The van der Waals surface area contributed by atoms with E-state index >= 15 is 0 Å². The fourth-order valence-electron chi connectivity index (χ4n) is 7.24. The second-order valence-electron chi connectivity index (χ2n) is 13.5. The fraction of sp³-hybridized carbons (Fsp3) is 0.361. The largest absolute Gasteiger partial charge is 0.488 e. The van der Waals surface area contributed by atoms with Gasteiger partial charge in [0.05, 0.1) is 53.6 Å². The predicted octanol–water partition coefficient (Wildman–Crippen LogP) is 4.26. The molecule has 2 fully saturated rings. The number of carbonyl (C=O) groups excluding carboxylic acids is 1. The van der Waals surface area contributed by atoms with Crippen molar-refractivity contribution >= 4 is 33.8 Å². The fourth-order valence-corrected chi connectivity index (χ4v) is 7.24. The number of halogens is 2. The summed E-state index contributed by atoms with van der Waals surface area (Å²) < 4.78 is 51.2. The van der Waals surface area contributed by atoms with E-state index in [1.165, 1.54) is 30.6 Å². The van der Waals surface area contributed by atoms with E-state index in [4.69, 9.17) is 19.2 Å². The number of amides is 1. The first-order valence-electron chi connectivity index (χ1n) is 17.1. The average Bonchev–Trinajstić information content (AvgIpc) is 3.54. The van der Waals surface area contributed by atoms with E-state index in [9.17, 15) is 13.6 Å². The standard InChI is InChI=1S/C36H34F2N10O4/c1-19-43-28-11-21(38)10-25-27-8-9-39-36(44-27)52-23-13-30(35(49)45(2)15-24(50-3)17-46(19)32(25)28)47(16-23)33-26-14-42-48(34(26)41-18-40-33)29-7-4-20(37)12-31(29)51-22-5-6-22/h4,7-12,14,18,22-24,30H,5-6,13,15-17H2,1-3H3/t23-,24+,30-/m0/s1. The molecule has 2 aromatic carbocycles. The summed E-state index contributed by atoms with van der Waals surface area (Å²) in [5, 5.41) is 5.21. The number of rotatable bonds is 5. The highest BCUT2D eigenvalue weighted by Gasteiger charge is 2.42. The van der Waals surface area contributed by atoms with Crippen LogP contribution in [-0.4, -0.2) is 102 Å². The Labute approximate surface area is 296 Å². The summed E-state index contributed by atoms with van der Waals surface area (Å²) in [6, 6.07) is 8.26. The van der Waals surface area contributed by atoms with E-state index in [2.05, 4.69) is 25.0 Å². The molecule has 0 N–H and O–H groups in total. The molecule has 1 saturated heterocycles. The highest BCUT2D eigenvalue weighted by atomic mass is 19.1. The van der Waals surface area contributed by atoms with Gasteiger partial charge in [-0.15, -0.1) is 0 Å². The van der Waals surface area contributed by atoms with Crippen LogP contribution in [0.2, 0.25) is 0 Å². The van der Waals surface area contributed by atoms with Gasteiger partial charge in [-0.05, 0) is 44.0 Å². The molecule has 3 atom stereocenters. The molecule has 1 saturated carbocycles. The van der Waals surface area contributed by atoms with Crippen LogP contribution in [0.5, 0.6) is 11.8 Å². The number of ether oxygens (including phenoxy) is 3. The van der Waals surface area contributed by atoms with E-state index in [0.29, 0.717) is 69.4 Å². The van der Waals surface area contributed by atoms with Crippen LogP contribution in [0.15, 0.2) is 55.1 Å². The molecule has 4 aromatic heterocycles. The van der Waals surface area contributed by atoms with Crippen LogP contribution < -0.4 is 14.4 Å². The van der Waals surface area contributed by atoms with Crippen molar-refractivity contribution in [2.75, 3.05) is 32.1 Å². The molecule has 0 radical (unpaired) electrons. The first-order valence-corrected chi connectivity index (χ1v) is 17.1. The Morgan fingerprint density at radius 3 is 2.65 bits per heavy atom. The van der Waals surface area contributed by atoms with E-state index in [0.717, 1.165) is 12.8 Å². The zero-order valence-corrected chi connectivity index (χ0v) is 28.6. The number of aromatic nitrogens is 8. The first kappa shape index (κ1) is 32.2. The summed E-state index contributed by atoms with van der Waals surface area (Å²) in [5.74, 6) is 0.502. The molecule has 4 bridgehead atoms. The molecular weight excluding hydrogens is 674 g/mol. The molecule has 9 rings (SSSR count). The Morgan fingerprint density at radius 2 is 1.83 bits per heavy atom. The Morgan fingerprint density at radius 1 is 0.962 bits per heavy atom. The highest BCUT2D eigenvalue weighted by molar-refractivity contribution is 5.93. The van der Waals surface area contributed by atoms with Gasteiger partial charge in [0, 0.05) is 51.0 Å². The second kappa shape index (κ2) is 12.5. The molecule has 6 heterocycles. The lowest BCUT2D eigenvalue weighted by molar-refractivity contribution is -0.133. The molecule has 52 heavy (non-hydrogen) atoms. The molecular formula is C36H34F2N10O4. The third-order valence-electron chi connectivity index (χ3n) is 9.88. The Bertz CT molecular complexity index is 2360. The van der Waals surface area contributed by atoms with Crippen molar-refractivity contribution in [3.63, 3.8) is 0 Å². The molecule has 266 valence electrons. The number of hydrogen-bond donors (Lipinski definition) is 0. The number of likely N-dealkylation sites (N-methyl/N-ethyl adjacent to an activating group) is 1. The lowest BCUT2D eigenvalue weighted by atomic mass is 10.1. The van der Waals surface area contributed by atoms with Crippen LogP contribution in [0.4, 0.5) is 14.6 Å². The van der Waals surface area contributed by atoms with Crippen molar-refractivity contribution in [3.05, 3.63) is 72.6 Å². The molecule has 2 aliphatic heterocycles. The summed E-state index contributed by atoms with van der Waals surface area (Å²) in [5.41, 5.74) is 3.19. The summed E-state index contributed by atoms with van der Waals surface area (Å²) in [4.78, 5) is 40.9. The molecule has 0 unspecified atom stereocenters. The molecule has 16 heteroatoms. The number of nitrogens with zero attached hydrogens (tertiary/aromatic N) is 10. The van der Waals surface area contributed by atoms with Gasteiger partial charge in [-0.1, -0.05) is 0 Å². The van der Waals surface area contributed by atoms with Crippen LogP contribution in [0.1, 0.15) is 25.1 Å². The number of fused-ring (bicyclic) bond motifs is 6. The normalized spacial score (nSPS) is 20.6. The Kier molecular flexibility index (Phi) is 7.71. The SMILES string of the molecule is CO[C@@H]1CN(C)C(=O)[C@@H]2C[C@@H](CN2c2ncnc3c2cnn3-c2ccc(F)cc2OC2CC2)Oc2nccc(n2)-c2cc(F)cc3nc(C)n(c23)C1. The third-order valence-corrected chi connectivity index (χ3v) is 9.88. The van der Waals surface area contributed by atoms with Crippen LogP contribution >= 0.6 is 0 Å². The summed E-state index contributed by atoms with van der Waals surface area (Å²) in [6.07, 6.45) is 5.84. The Hall–Kier alpha value is -5.77. The van der Waals surface area contributed by atoms with Gasteiger partial charge in [0.2, 0.25) is 5.91 Å². The number of hydrogen-bond acceptors (Lipinski definition) is 11. The van der Waals surface area contributed by atoms with Crippen LogP contribution in [0.3, 0.4) is 0 Å².